The lowest BCUT2D eigenvalue weighted by Crippen LogP contribution is -2.17. The van der Waals surface area contributed by atoms with Crippen molar-refractivity contribution in [2.45, 2.75) is 26.7 Å². The van der Waals surface area contributed by atoms with Gasteiger partial charge in [0, 0.05) is 18.5 Å². The number of aromatic nitrogens is 1. The topological polar surface area (TPSA) is 33.1 Å². The van der Waals surface area contributed by atoms with E-state index in [1.54, 1.807) is 6.20 Å². The number of hydrogen-bond acceptors (Lipinski definition) is 2. The number of aliphatic hydroxyl groups is 1. The van der Waals surface area contributed by atoms with E-state index >= 15 is 0 Å². The average Bonchev–Trinajstić information content (AvgIpc) is 2.17. The molecule has 72 valence electrons. The Morgan fingerprint density at radius 1 is 1.38 bits per heavy atom. The van der Waals surface area contributed by atoms with Gasteiger partial charge in [-0.2, -0.15) is 0 Å². The van der Waals surface area contributed by atoms with Crippen LogP contribution in [0, 0.1) is 5.41 Å². The second kappa shape index (κ2) is 4.38. The van der Waals surface area contributed by atoms with Crippen LogP contribution >= 0.6 is 0 Å². The number of hydrogen-bond donors (Lipinski definition) is 1. The number of rotatable bonds is 4. The third kappa shape index (κ3) is 3.55. The third-order valence-corrected chi connectivity index (χ3v) is 2.21. The molecule has 1 heterocycles. The summed E-state index contributed by atoms with van der Waals surface area (Å²) in [6, 6.07) is 5.93. The minimum Gasteiger partial charge on any atom is -0.396 e. The summed E-state index contributed by atoms with van der Waals surface area (Å²) in [7, 11) is 0. The number of pyridine rings is 1. The first-order valence-corrected chi connectivity index (χ1v) is 4.65. The van der Waals surface area contributed by atoms with Gasteiger partial charge >= 0.3 is 0 Å². The Morgan fingerprint density at radius 3 is 2.69 bits per heavy atom. The van der Waals surface area contributed by atoms with Crippen molar-refractivity contribution >= 4 is 0 Å². The average molecular weight is 179 g/mol. The van der Waals surface area contributed by atoms with Crippen LogP contribution in [0.5, 0.6) is 0 Å². The second-order valence-corrected chi connectivity index (χ2v) is 4.14. The standard InChI is InChI=1S/C11H17NO/c1-11(2,9-13)7-6-10-5-3-4-8-12-10/h3-5,8,13H,6-7,9H2,1-2H3. The molecule has 13 heavy (non-hydrogen) atoms. The van der Waals surface area contributed by atoms with Gasteiger partial charge in [0.2, 0.25) is 0 Å². The molecule has 1 aromatic rings. The molecule has 0 atom stereocenters. The van der Waals surface area contributed by atoms with Crippen LogP contribution in [0.4, 0.5) is 0 Å². The molecule has 0 radical (unpaired) electrons. The summed E-state index contributed by atoms with van der Waals surface area (Å²) < 4.78 is 0. The molecular formula is C11H17NO. The Labute approximate surface area is 79.6 Å². The van der Waals surface area contributed by atoms with E-state index in [2.05, 4.69) is 18.8 Å². The van der Waals surface area contributed by atoms with E-state index < -0.39 is 0 Å². The molecule has 1 N–H and O–H groups in total. The molecule has 1 aromatic heterocycles. The maximum Gasteiger partial charge on any atom is 0.0482 e. The zero-order valence-electron chi connectivity index (χ0n) is 8.33. The van der Waals surface area contributed by atoms with E-state index in [1.165, 1.54) is 0 Å². The van der Waals surface area contributed by atoms with Gasteiger partial charge in [-0.1, -0.05) is 19.9 Å². The highest BCUT2D eigenvalue weighted by molar-refractivity contribution is 5.03. The summed E-state index contributed by atoms with van der Waals surface area (Å²) >= 11 is 0. The van der Waals surface area contributed by atoms with Gasteiger partial charge in [-0.25, -0.2) is 0 Å². The molecule has 2 heteroatoms. The van der Waals surface area contributed by atoms with Crippen LogP contribution in [0.25, 0.3) is 0 Å². The molecule has 0 bridgehead atoms. The van der Waals surface area contributed by atoms with Crippen LogP contribution in [-0.4, -0.2) is 16.7 Å². The zero-order valence-corrected chi connectivity index (χ0v) is 8.33. The van der Waals surface area contributed by atoms with Crippen LogP contribution in [-0.2, 0) is 6.42 Å². The fourth-order valence-electron chi connectivity index (χ4n) is 1.09. The summed E-state index contributed by atoms with van der Waals surface area (Å²) in [5.74, 6) is 0. The molecule has 0 aliphatic heterocycles. The van der Waals surface area contributed by atoms with Crippen LogP contribution in [0.2, 0.25) is 0 Å². The molecule has 0 aliphatic rings. The second-order valence-electron chi connectivity index (χ2n) is 4.14. The number of nitrogens with zero attached hydrogens (tertiary/aromatic N) is 1. The van der Waals surface area contributed by atoms with Gasteiger partial charge in [-0.05, 0) is 30.4 Å². The van der Waals surface area contributed by atoms with Crippen LogP contribution in [0.1, 0.15) is 26.0 Å². The molecule has 0 amide bonds. The monoisotopic (exact) mass is 179 g/mol. The van der Waals surface area contributed by atoms with Crippen molar-refractivity contribution in [3.8, 4) is 0 Å². The van der Waals surface area contributed by atoms with Gasteiger partial charge in [-0.15, -0.1) is 0 Å². The maximum absolute atomic E-state index is 9.05. The largest absolute Gasteiger partial charge is 0.396 e. The fraction of sp³-hybridized carbons (Fsp3) is 0.545. The molecule has 0 spiro atoms. The minimum absolute atomic E-state index is 0.0114. The zero-order chi connectivity index (χ0) is 9.73. The molecule has 0 unspecified atom stereocenters. The molecule has 0 aromatic carbocycles. The first-order valence-electron chi connectivity index (χ1n) is 4.65. The first kappa shape index (κ1) is 10.2. The van der Waals surface area contributed by atoms with Gasteiger partial charge in [0.15, 0.2) is 0 Å². The smallest absolute Gasteiger partial charge is 0.0482 e. The van der Waals surface area contributed by atoms with E-state index in [0.29, 0.717) is 0 Å². The molecule has 0 saturated heterocycles. The quantitative estimate of drug-likeness (QED) is 0.767. The van der Waals surface area contributed by atoms with Crippen molar-refractivity contribution in [1.82, 2.24) is 4.98 Å². The summed E-state index contributed by atoms with van der Waals surface area (Å²) in [4.78, 5) is 4.23. The van der Waals surface area contributed by atoms with Crippen molar-refractivity contribution < 1.29 is 5.11 Å². The first-order chi connectivity index (χ1) is 6.14. The van der Waals surface area contributed by atoms with E-state index in [1.807, 2.05) is 18.2 Å². The van der Waals surface area contributed by atoms with Crippen molar-refractivity contribution in [3.63, 3.8) is 0 Å². The number of aryl methyl sites for hydroxylation is 1. The van der Waals surface area contributed by atoms with Crippen LogP contribution in [0.15, 0.2) is 24.4 Å². The van der Waals surface area contributed by atoms with Crippen molar-refractivity contribution in [2.24, 2.45) is 5.41 Å². The molecule has 2 nitrogen and oxygen atoms in total. The van der Waals surface area contributed by atoms with Gasteiger partial charge < -0.3 is 5.11 Å². The maximum atomic E-state index is 9.05. The van der Waals surface area contributed by atoms with E-state index in [0.717, 1.165) is 18.5 Å². The lowest BCUT2D eigenvalue weighted by atomic mass is 9.88. The molecule has 1 rings (SSSR count). The summed E-state index contributed by atoms with van der Waals surface area (Å²) in [5, 5.41) is 9.05. The molecular weight excluding hydrogens is 162 g/mol. The summed E-state index contributed by atoms with van der Waals surface area (Å²) in [6.45, 7) is 4.37. The Balaban J connectivity index is 2.44. The normalized spacial score (nSPS) is 11.6. The Kier molecular flexibility index (Phi) is 3.43. The van der Waals surface area contributed by atoms with Crippen LogP contribution in [0.3, 0.4) is 0 Å². The number of aliphatic hydroxyl groups excluding tert-OH is 1. The van der Waals surface area contributed by atoms with Crippen molar-refractivity contribution in [2.75, 3.05) is 6.61 Å². The highest BCUT2D eigenvalue weighted by atomic mass is 16.3. The van der Waals surface area contributed by atoms with E-state index in [-0.39, 0.29) is 12.0 Å². The molecule has 0 saturated carbocycles. The van der Waals surface area contributed by atoms with Gasteiger partial charge in [0.1, 0.15) is 0 Å². The molecule has 0 fully saturated rings. The van der Waals surface area contributed by atoms with Crippen LogP contribution < -0.4 is 0 Å². The van der Waals surface area contributed by atoms with E-state index in [4.69, 9.17) is 5.11 Å². The highest BCUT2D eigenvalue weighted by Crippen LogP contribution is 2.20. The summed E-state index contributed by atoms with van der Waals surface area (Å²) in [5.41, 5.74) is 1.11. The van der Waals surface area contributed by atoms with Gasteiger partial charge in [-0.3, -0.25) is 4.98 Å². The Hall–Kier alpha value is -0.890. The van der Waals surface area contributed by atoms with Gasteiger partial charge in [0.25, 0.3) is 0 Å². The lowest BCUT2D eigenvalue weighted by molar-refractivity contribution is 0.150. The predicted octanol–water partition coefficient (Wildman–Crippen LogP) is 2.03. The molecule has 0 aliphatic carbocycles. The minimum atomic E-state index is 0.0114. The summed E-state index contributed by atoms with van der Waals surface area (Å²) in [6.07, 6.45) is 3.72. The Morgan fingerprint density at radius 2 is 2.15 bits per heavy atom. The van der Waals surface area contributed by atoms with Gasteiger partial charge in [0.05, 0.1) is 0 Å². The Bertz CT molecular complexity index is 244. The highest BCUT2D eigenvalue weighted by Gasteiger charge is 2.15. The van der Waals surface area contributed by atoms with E-state index in [9.17, 15) is 0 Å². The van der Waals surface area contributed by atoms with Crippen molar-refractivity contribution in [1.29, 1.82) is 0 Å². The fourth-order valence-corrected chi connectivity index (χ4v) is 1.09. The predicted molar refractivity (Wildman–Crippen MR) is 53.4 cm³/mol. The lowest BCUT2D eigenvalue weighted by Gasteiger charge is -2.20. The third-order valence-electron chi connectivity index (χ3n) is 2.21. The SMILES string of the molecule is CC(C)(CO)CCc1ccccn1. The van der Waals surface area contributed by atoms with Crippen molar-refractivity contribution in [3.05, 3.63) is 30.1 Å².